The number of nitrogens with one attached hydrogen (secondary N) is 1. The minimum atomic E-state index is -0.273. The van der Waals surface area contributed by atoms with Gasteiger partial charge in [-0.1, -0.05) is 60.7 Å². The monoisotopic (exact) mass is 455 g/mol. The molecule has 0 atom stereocenters. The number of aromatic nitrogens is 1. The molecule has 1 aliphatic heterocycles. The van der Waals surface area contributed by atoms with Gasteiger partial charge >= 0.3 is 0 Å². The Kier molecular flexibility index (Phi) is 6.72. The third-order valence-electron chi connectivity index (χ3n) is 6.78. The number of carbonyl (C=O) groups is 1. The molecule has 1 aromatic heterocycles. The van der Waals surface area contributed by atoms with Crippen LogP contribution in [0.1, 0.15) is 29.7 Å². The molecule has 0 saturated carbocycles. The lowest BCUT2D eigenvalue weighted by Gasteiger charge is -2.31. The first-order valence-electron chi connectivity index (χ1n) is 12.0. The summed E-state index contributed by atoms with van der Waals surface area (Å²) in [4.78, 5) is 15.1. The van der Waals surface area contributed by atoms with Crippen molar-refractivity contribution >= 4 is 16.8 Å². The second-order valence-electron chi connectivity index (χ2n) is 9.16. The lowest BCUT2D eigenvalue weighted by molar-refractivity contribution is -0.126. The first-order valence-corrected chi connectivity index (χ1v) is 12.0. The topological polar surface area (TPSA) is 37.3 Å². The number of benzene rings is 3. The zero-order valence-electron chi connectivity index (χ0n) is 19.3. The summed E-state index contributed by atoms with van der Waals surface area (Å²) in [6.07, 6.45) is 1.68. The van der Waals surface area contributed by atoms with E-state index in [2.05, 4.69) is 75.4 Å². The molecule has 3 aromatic carbocycles. The molecule has 5 rings (SSSR count). The lowest BCUT2D eigenvalue weighted by atomic mass is 9.95. The fourth-order valence-corrected chi connectivity index (χ4v) is 4.91. The van der Waals surface area contributed by atoms with Crippen LogP contribution < -0.4 is 5.32 Å². The van der Waals surface area contributed by atoms with Crippen molar-refractivity contribution in [1.82, 2.24) is 14.8 Å². The maximum absolute atomic E-state index is 13.4. The van der Waals surface area contributed by atoms with Gasteiger partial charge in [0, 0.05) is 36.8 Å². The highest BCUT2D eigenvalue weighted by molar-refractivity contribution is 5.81. The molecule has 1 N–H and O–H groups in total. The van der Waals surface area contributed by atoms with Crippen molar-refractivity contribution in [2.75, 3.05) is 13.1 Å². The molecule has 4 nitrogen and oxygen atoms in total. The molecule has 34 heavy (non-hydrogen) atoms. The van der Waals surface area contributed by atoms with Gasteiger partial charge in [0.15, 0.2) is 0 Å². The Hall–Kier alpha value is -3.44. The van der Waals surface area contributed by atoms with Gasteiger partial charge in [-0.15, -0.1) is 0 Å². The van der Waals surface area contributed by atoms with Crippen molar-refractivity contribution in [3.63, 3.8) is 0 Å². The number of carbonyl (C=O) groups excluding carboxylic acids is 1. The normalized spacial score (nSPS) is 15.0. The van der Waals surface area contributed by atoms with E-state index in [1.54, 1.807) is 6.07 Å². The maximum atomic E-state index is 13.4. The van der Waals surface area contributed by atoms with Crippen molar-refractivity contribution in [2.24, 2.45) is 5.92 Å². The zero-order chi connectivity index (χ0) is 23.3. The van der Waals surface area contributed by atoms with E-state index in [0.29, 0.717) is 6.54 Å². The summed E-state index contributed by atoms with van der Waals surface area (Å²) in [5.74, 6) is -0.188. The predicted octanol–water partition coefficient (Wildman–Crippen LogP) is 5.36. The number of para-hydroxylation sites is 1. The number of fused-ring (bicyclic) bond motifs is 1. The number of hydrogen-bond acceptors (Lipinski definition) is 2. The number of likely N-dealkylation sites (tertiary alicyclic amines) is 1. The van der Waals surface area contributed by atoms with Gasteiger partial charge in [0.05, 0.1) is 0 Å². The van der Waals surface area contributed by atoms with Crippen LogP contribution in [0, 0.1) is 11.7 Å². The van der Waals surface area contributed by atoms with E-state index < -0.39 is 0 Å². The molecular formula is C29H30FN3O. The highest BCUT2D eigenvalue weighted by atomic mass is 19.1. The maximum Gasteiger partial charge on any atom is 0.223 e. The minimum absolute atomic E-state index is 0.0139. The standard InChI is InChI=1S/C29H30FN3O/c30-26-11-6-9-23(17-26)19-31-29(34)24-13-15-32(16-14-24)21-27-18-25-10-4-5-12-28(25)33(27)20-22-7-2-1-3-8-22/h1-12,17-18,24H,13-16,19-21H2,(H,31,34). The van der Waals surface area contributed by atoms with Crippen LogP contribution in [0.4, 0.5) is 4.39 Å². The van der Waals surface area contributed by atoms with E-state index in [1.165, 1.54) is 34.3 Å². The Balaban J connectivity index is 1.21. The van der Waals surface area contributed by atoms with Gasteiger partial charge in [0.2, 0.25) is 5.91 Å². The zero-order valence-corrected chi connectivity index (χ0v) is 19.3. The van der Waals surface area contributed by atoms with Crippen molar-refractivity contribution in [1.29, 1.82) is 0 Å². The number of rotatable bonds is 7. The van der Waals surface area contributed by atoms with Crippen molar-refractivity contribution in [3.05, 3.63) is 108 Å². The largest absolute Gasteiger partial charge is 0.352 e. The molecule has 0 unspecified atom stereocenters. The number of nitrogens with zero attached hydrogens (tertiary/aromatic N) is 2. The smallest absolute Gasteiger partial charge is 0.223 e. The van der Waals surface area contributed by atoms with Gasteiger partial charge < -0.3 is 9.88 Å². The quantitative estimate of drug-likeness (QED) is 0.408. The highest BCUT2D eigenvalue weighted by Gasteiger charge is 2.25. The molecule has 0 bridgehead atoms. The number of amides is 1. The van der Waals surface area contributed by atoms with E-state index >= 15 is 0 Å². The van der Waals surface area contributed by atoms with Gasteiger partial charge in [-0.25, -0.2) is 4.39 Å². The minimum Gasteiger partial charge on any atom is -0.352 e. The Morgan fingerprint density at radius 1 is 0.853 bits per heavy atom. The van der Waals surface area contributed by atoms with Gasteiger partial charge in [-0.3, -0.25) is 9.69 Å². The van der Waals surface area contributed by atoms with Crippen molar-refractivity contribution in [3.8, 4) is 0 Å². The first kappa shape index (κ1) is 22.4. The van der Waals surface area contributed by atoms with Crippen molar-refractivity contribution < 1.29 is 9.18 Å². The van der Waals surface area contributed by atoms with Gasteiger partial charge in [0.1, 0.15) is 5.82 Å². The van der Waals surface area contributed by atoms with Crippen LogP contribution in [0.25, 0.3) is 10.9 Å². The van der Waals surface area contributed by atoms with Gasteiger partial charge in [-0.05, 0) is 66.7 Å². The summed E-state index contributed by atoms with van der Waals surface area (Å²) in [5, 5.41) is 4.25. The second kappa shape index (κ2) is 10.2. The second-order valence-corrected chi connectivity index (χ2v) is 9.16. The Bertz CT molecular complexity index is 1260. The van der Waals surface area contributed by atoms with Crippen LogP contribution in [0.3, 0.4) is 0 Å². The Morgan fingerprint density at radius 2 is 1.59 bits per heavy atom. The van der Waals surface area contributed by atoms with Crippen LogP contribution >= 0.6 is 0 Å². The SMILES string of the molecule is O=C(NCc1cccc(F)c1)C1CCN(Cc2cc3ccccc3n2Cc2ccccc2)CC1. The number of piperidine rings is 1. The average molecular weight is 456 g/mol. The van der Waals surface area contributed by atoms with Crippen LogP contribution in [-0.2, 0) is 24.4 Å². The summed E-state index contributed by atoms with van der Waals surface area (Å²) >= 11 is 0. The molecular weight excluding hydrogens is 425 g/mol. The molecule has 5 heteroatoms. The molecule has 0 aliphatic carbocycles. The van der Waals surface area contributed by atoms with Crippen LogP contribution in [0.15, 0.2) is 84.9 Å². The summed E-state index contributed by atoms with van der Waals surface area (Å²) in [7, 11) is 0. The molecule has 1 saturated heterocycles. The fraction of sp³-hybridized carbons (Fsp3) is 0.276. The van der Waals surface area contributed by atoms with Crippen LogP contribution in [0.2, 0.25) is 0 Å². The van der Waals surface area contributed by atoms with Gasteiger partial charge in [0.25, 0.3) is 0 Å². The Morgan fingerprint density at radius 3 is 2.38 bits per heavy atom. The molecule has 2 heterocycles. The molecule has 4 aromatic rings. The number of halogens is 1. The van der Waals surface area contributed by atoms with E-state index in [4.69, 9.17) is 0 Å². The summed E-state index contributed by atoms with van der Waals surface area (Å²) in [5.41, 5.74) is 4.64. The van der Waals surface area contributed by atoms with Crippen LogP contribution in [0.5, 0.6) is 0 Å². The molecule has 1 fully saturated rings. The third-order valence-corrected chi connectivity index (χ3v) is 6.78. The average Bonchev–Trinajstić information content (AvgIpc) is 3.20. The highest BCUT2D eigenvalue weighted by Crippen LogP contribution is 2.25. The fourth-order valence-electron chi connectivity index (χ4n) is 4.91. The van der Waals surface area contributed by atoms with E-state index in [9.17, 15) is 9.18 Å². The first-order chi connectivity index (χ1) is 16.7. The molecule has 1 aliphatic rings. The summed E-state index contributed by atoms with van der Waals surface area (Å²) in [6.45, 7) is 3.88. The summed E-state index contributed by atoms with van der Waals surface area (Å²) in [6, 6.07) is 27.8. The molecule has 1 amide bonds. The van der Waals surface area contributed by atoms with E-state index in [-0.39, 0.29) is 17.6 Å². The summed E-state index contributed by atoms with van der Waals surface area (Å²) < 4.78 is 15.8. The van der Waals surface area contributed by atoms with E-state index in [1.807, 2.05) is 6.07 Å². The number of hydrogen-bond donors (Lipinski definition) is 1. The molecule has 0 spiro atoms. The third kappa shape index (κ3) is 5.20. The van der Waals surface area contributed by atoms with E-state index in [0.717, 1.165) is 44.6 Å². The van der Waals surface area contributed by atoms with Gasteiger partial charge in [-0.2, -0.15) is 0 Å². The molecule has 0 radical (unpaired) electrons. The Labute approximate surface area is 200 Å². The van der Waals surface area contributed by atoms with Crippen molar-refractivity contribution in [2.45, 2.75) is 32.5 Å². The predicted molar refractivity (Wildman–Crippen MR) is 134 cm³/mol. The van der Waals surface area contributed by atoms with Crippen LogP contribution in [-0.4, -0.2) is 28.5 Å². The lowest BCUT2D eigenvalue weighted by Crippen LogP contribution is -2.40. The molecule has 174 valence electrons.